The minimum Gasteiger partial charge on any atom is -0.357 e. The number of guanidine groups is 1. The van der Waals surface area contributed by atoms with Crippen LogP contribution in [0.2, 0.25) is 0 Å². The van der Waals surface area contributed by atoms with Gasteiger partial charge in [0.2, 0.25) is 5.91 Å². The summed E-state index contributed by atoms with van der Waals surface area (Å²) >= 11 is 2.01. The van der Waals surface area contributed by atoms with E-state index < -0.39 is 0 Å². The first-order valence-electron chi connectivity index (χ1n) is 7.02. The molecule has 0 aliphatic carbocycles. The Morgan fingerprint density at radius 1 is 1.25 bits per heavy atom. The molecule has 0 radical (unpaired) electrons. The van der Waals surface area contributed by atoms with Gasteiger partial charge in [-0.25, -0.2) is 4.99 Å². The summed E-state index contributed by atoms with van der Waals surface area (Å²) in [7, 11) is 0. The zero-order chi connectivity index (χ0) is 14.1. The predicted octanol–water partition coefficient (Wildman–Crippen LogP) is 1.58. The van der Waals surface area contributed by atoms with Crippen LogP contribution in [-0.2, 0) is 4.79 Å². The van der Waals surface area contributed by atoms with Crippen molar-refractivity contribution in [2.24, 2.45) is 4.99 Å². The van der Waals surface area contributed by atoms with E-state index in [-0.39, 0.29) is 36.4 Å². The normalized spacial score (nSPS) is 22.1. The van der Waals surface area contributed by atoms with Crippen LogP contribution in [0.3, 0.4) is 0 Å². The maximum atomic E-state index is 11.4. The number of rotatable bonds is 6. The maximum Gasteiger partial charge on any atom is 0.241 e. The van der Waals surface area contributed by atoms with E-state index in [0.29, 0.717) is 11.3 Å². The third kappa shape index (κ3) is 7.56. The van der Waals surface area contributed by atoms with Crippen molar-refractivity contribution < 1.29 is 4.79 Å². The molecule has 1 aliphatic heterocycles. The number of carbonyl (C=O) groups excluding carboxylic acids is 1. The van der Waals surface area contributed by atoms with Gasteiger partial charge in [0, 0.05) is 24.4 Å². The number of nitrogens with one attached hydrogen (secondary N) is 3. The average molecular weight is 414 g/mol. The first-order valence-corrected chi connectivity index (χ1v) is 8.01. The molecule has 1 fully saturated rings. The monoisotopic (exact) mass is 414 g/mol. The molecular weight excluding hydrogens is 387 g/mol. The van der Waals surface area contributed by atoms with Crippen LogP contribution in [0.15, 0.2) is 4.99 Å². The fourth-order valence-electron chi connectivity index (χ4n) is 1.99. The summed E-state index contributed by atoms with van der Waals surface area (Å²) in [6, 6.07) is 0. The van der Waals surface area contributed by atoms with Crippen LogP contribution in [0, 0.1) is 0 Å². The standard InChI is InChI=1S/C13H26N4OS.HI/c1-4-14-11(18)9-16-12(15-5-2)17-10-13(3)7-6-8-19-13;/h4-10H2,1-3H3,(H,14,18)(H2,15,16,17);1H. The summed E-state index contributed by atoms with van der Waals surface area (Å²) in [5.41, 5.74) is 0. The Labute approximate surface area is 143 Å². The molecule has 0 aromatic rings. The highest BCUT2D eigenvalue weighted by Crippen LogP contribution is 2.36. The summed E-state index contributed by atoms with van der Waals surface area (Å²) in [5.74, 6) is 1.92. The molecule has 3 N–H and O–H groups in total. The van der Waals surface area contributed by atoms with Crippen molar-refractivity contribution in [3.05, 3.63) is 0 Å². The Morgan fingerprint density at radius 3 is 2.50 bits per heavy atom. The Kier molecular flexibility index (Phi) is 10.4. The molecule has 20 heavy (non-hydrogen) atoms. The van der Waals surface area contributed by atoms with Crippen LogP contribution >= 0.6 is 35.7 Å². The quantitative estimate of drug-likeness (QED) is 0.351. The minimum atomic E-state index is -0.0406. The fourth-order valence-corrected chi connectivity index (χ4v) is 3.24. The summed E-state index contributed by atoms with van der Waals surface area (Å²) in [6.45, 7) is 8.72. The van der Waals surface area contributed by atoms with Crippen molar-refractivity contribution in [3.8, 4) is 0 Å². The lowest BCUT2D eigenvalue weighted by Gasteiger charge is -2.24. The highest BCUT2D eigenvalue weighted by Gasteiger charge is 2.29. The van der Waals surface area contributed by atoms with E-state index >= 15 is 0 Å². The van der Waals surface area contributed by atoms with Gasteiger partial charge in [-0.2, -0.15) is 11.8 Å². The third-order valence-electron chi connectivity index (χ3n) is 3.03. The first-order chi connectivity index (χ1) is 9.09. The van der Waals surface area contributed by atoms with Crippen LogP contribution in [0.5, 0.6) is 0 Å². The number of hydrogen-bond donors (Lipinski definition) is 3. The number of aliphatic imine (C=N–C) groups is 1. The molecule has 1 atom stereocenters. The number of nitrogens with zero attached hydrogens (tertiary/aromatic N) is 1. The van der Waals surface area contributed by atoms with E-state index in [4.69, 9.17) is 0 Å². The Hall–Kier alpha value is -0.180. The van der Waals surface area contributed by atoms with Crippen LogP contribution < -0.4 is 16.0 Å². The number of carbonyl (C=O) groups is 1. The molecule has 0 aromatic carbocycles. The molecule has 0 spiro atoms. The highest BCUT2D eigenvalue weighted by molar-refractivity contribution is 14.0. The molecule has 5 nitrogen and oxygen atoms in total. The van der Waals surface area contributed by atoms with Gasteiger partial charge >= 0.3 is 0 Å². The Morgan fingerprint density at radius 2 is 1.95 bits per heavy atom. The van der Waals surface area contributed by atoms with Crippen molar-refractivity contribution in [2.45, 2.75) is 38.4 Å². The van der Waals surface area contributed by atoms with Crippen LogP contribution in [-0.4, -0.2) is 48.5 Å². The van der Waals surface area contributed by atoms with Gasteiger partial charge in [0.1, 0.15) is 6.54 Å². The molecule has 1 rings (SSSR count). The average Bonchev–Trinajstić information content (AvgIpc) is 2.81. The number of halogens is 1. The summed E-state index contributed by atoms with van der Waals surface area (Å²) < 4.78 is 0.294. The minimum absolute atomic E-state index is 0. The van der Waals surface area contributed by atoms with Crippen molar-refractivity contribution in [3.63, 3.8) is 0 Å². The summed E-state index contributed by atoms with van der Waals surface area (Å²) in [5, 5.41) is 9.25. The maximum absolute atomic E-state index is 11.4. The zero-order valence-corrected chi connectivity index (χ0v) is 15.8. The van der Waals surface area contributed by atoms with Gasteiger partial charge in [0.05, 0.1) is 0 Å². The van der Waals surface area contributed by atoms with Crippen LogP contribution in [0.25, 0.3) is 0 Å². The zero-order valence-electron chi connectivity index (χ0n) is 12.6. The van der Waals surface area contributed by atoms with Crippen molar-refractivity contribution in [1.82, 2.24) is 16.0 Å². The second kappa shape index (κ2) is 10.5. The molecule has 0 bridgehead atoms. The molecule has 0 saturated carbocycles. The molecular formula is C13H27IN4OS. The van der Waals surface area contributed by atoms with Gasteiger partial charge in [-0.3, -0.25) is 4.79 Å². The first kappa shape index (κ1) is 19.8. The lowest BCUT2D eigenvalue weighted by molar-refractivity contribution is -0.119. The molecule has 1 aliphatic rings. The van der Waals surface area contributed by atoms with E-state index in [1.165, 1.54) is 18.6 Å². The van der Waals surface area contributed by atoms with E-state index in [2.05, 4.69) is 27.9 Å². The van der Waals surface area contributed by atoms with Gasteiger partial charge < -0.3 is 16.0 Å². The predicted molar refractivity (Wildman–Crippen MR) is 98.2 cm³/mol. The van der Waals surface area contributed by atoms with Crippen LogP contribution in [0.1, 0.15) is 33.6 Å². The lowest BCUT2D eigenvalue weighted by Crippen LogP contribution is -2.44. The smallest absolute Gasteiger partial charge is 0.241 e. The van der Waals surface area contributed by atoms with Crippen LogP contribution in [0.4, 0.5) is 0 Å². The summed E-state index contributed by atoms with van der Waals surface area (Å²) in [6.07, 6.45) is 2.52. The molecule has 1 amide bonds. The van der Waals surface area contributed by atoms with E-state index in [0.717, 1.165) is 19.0 Å². The van der Waals surface area contributed by atoms with Crippen molar-refractivity contribution >= 4 is 47.6 Å². The number of hydrogen-bond acceptors (Lipinski definition) is 3. The molecule has 1 saturated heterocycles. The van der Waals surface area contributed by atoms with Gasteiger partial charge in [-0.15, -0.1) is 24.0 Å². The third-order valence-corrected chi connectivity index (χ3v) is 4.57. The number of amides is 1. The molecule has 118 valence electrons. The second-order valence-electron chi connectivity index (χ2n) is 4.90. The molecule has 0 aromatic heterocycles. The Bertz CT molecular complexity index is 319. The van der Waals surface area contributed by atoms with Gasteiger partial charge in [-0.1, -0.05) is 0 Å². The molecule has 1 unspecified atom stereocenters. The van der Waals surface area contributed by atoms with Crippen molar-refractivity contribution in [1.29, 1.82) is 0 Å². The SMILES string of the molecule is CCNC(=O)CN=C(NCC)NCC1(C)CCCS1.I. The second-order valence-corrected chi connectivity index (χ2v) is 6.59. The van der Waals surface area contributed by atoms with Gasteiger partial charge in [0.25, 0.3) is 0 Å². The van der Waals surface area contributed by atoms with Crippen molar-refractivity contribution in [2.75, 3.05) is 31.9 Å². The highest BCUT2D eigenvalue weighted by atomic mass is 127. The van der Waals surface area contributed by atoms with E-state index in [1.807, 2.05) is 25.6 Å². The summed E-state index contributed by atoms with van der Waals surface area (Å²) in [4.78, 5) is 15.7. The largest absolute Gasteiger partial charge is 0.357 e. The number of thioether (sulfide) groups is 1. The number of likely N-dealkylation sites (N-methyl/N-ethyl adjacent to an activating group) is 1. The molecule has 7 heteroatoms. The van der Waals surface area contributed by atoms with E-state index in [1.54, 1.807) is 0 Å². The topological polar surface area (TPSA) is 65.5 Å². The lowest BCUT2D eigenvalue weighted by atomic mass is 10.1. The van der Waals surface area contributed by atoms with Gasteiger partial charge in [0.15, 0.2) is 5.96 Å². The van der Waals surface area contributed by atoms with E-state index in [9.17, 15) is 4.79 Å². The molecule has 1 heterocycles. The Balaban J connectivity index is 0.00000361. The van der Waals surface area contributed by atoms with Gasteiger partial charge in [-0.05, 0) is 39.4 Å². The fraction of sp³-hybridized carbons (Fsp3) is 0.846.